The third-order valence-electron chi connectivity index (χ3n) is 4.40. The van der Waals surface area contributed by atoms with Crippen LogP contribution in [-0.4, -0.2) is 12.9 Å². The van der Waals surface area contributed by atoms with Gasteiger partial charge in [0.05, 0.1) is 12.7 Å². The van der Waals surface area contributed by atoms with Crippen LogP contribution in [0.15, 0.2) is 30.3 Å². The fourth-order valence-corrected chi connectivity index (χ4v) is 2.66. The highest BCUT2D eigenvalue weighted by Gasteiger charge is 2.31. The van der Waals surface area contributed by atoms with E-state index in [-0.39, 0.29) is 12.5 Å². The number of ether oxygens (including phenoxy) is 2. The monoisotopic (exact) mass is 350 g/mol. The standard InChI is InChI=1S/C19H17F3O3/c1-24-13-7-5-11(6-8-13)10-25-19-15(20)9-14(16(21)17(19)22)18(23)12-3-2-4-12/h5-9,12H,2-4,10H2,1H3. The smallest absolute Gasteiger partial charge is 0.204 e. The van der Waals surface area contributed by atoms with E-state index in [1.807, 2.05) is 0 Å². The number of rotatable bonds is 6. The summed E-state index contributed by atoms with van der Waals surface area (Å²) in [5, 5.41) is 0. The molecular formula is C19H17F3O3. The van der Waals surface area contributed by atoms with Gasteiger partial charge in [-0.1, -0.05) is 18.6 Å². The van der Waals surface area contributed by atoms with Gasteiger partial charge in [0.2, 0.25) is 5.82 Å². The van der Waals surface area contributed by atoms with E-state index < -0.39 is 34.5 Å². The Morgan fingerprint density at radius 2 is 1.80 bits per heavy atom. The van der Waals surface area contributed by atoms with Gasteiger partial charge in [-0.05, 0) is 36.6 Å². The highest BCUT2D eigenvalue weighted by Crippen LogP contribution is 2.34. The number of benzene rings is 2. The van der Waals surface area contributed by atoms with E-state index in [4.69, 9.17) is 9.47 Å². The lowest BCUT2D eigenvalue weighted by Gasteiger charge is -2.24. The van der Waals surface area contributed by atoms with Crippen LogP contribution >= 0.6 is 0 Å². The van der Waals surface area contributed by atoms with Gasteiger partial charge in [0.15, 0.2) is 23.2 Å². The van der Waals surface area contributed by atoms with Gasteiger partial charge in [-0.3, -0.25) is 4.79 Å². The zero-order valence-corrected chi connectivity index (χ0v) is 13.7. The Kier molecular flexibility index (Phi) is 4.97. The fourth-order valence-electron chi connectivity index (χ4n) is 2.66. The van der Waals surface area contributed by atoms with Crippen LogP contribution in [0.4, 0.5) is 13.2 Å². The van der Waals surface area contributed by atoms with Crippen molar-refractivity contribution in [3.8, 4) is 11.5 Å². The molecule has 0 atom stereocenters. The number of carbonyl (C=O) groups is 1. The average Bonchev–Trinajstić information content (AvgIpc) is 2.57. The molecule has 1 aliphatic rings. The van der Waals surface area contributed by atoms with Crippen LogP contribution in [0.2, 0.25) is 0 Å². The summed E-state index contributed by atoms with van der Waals surface area (Å²) in [4.78, 5) is 12.1. The molecule has 0 saturated heterocycles. The molecule has 0 bridgehead atoms. The first-order valence-corrected chi connectivity index (χ1v) is 7.98. The van der Waals surface area contributed by atoms with Gasteiger partial charge in [0.25, 0.3) is 0 Å². The van der Waals surface area contributed by atoms with Gasteiger partial charge >= 0.3 is 0 Å². The second-order valence-corrected chi connectivity index (χ2v) is 5.99. The molecule has 2 aromatic carbocycles. The first-order valence-electron chi connectivity index (χ1n) is 7.98. The summed E-state index contributed by atoms with van der Waals surface area (Å²) in [6.07, 6.45) is 2.11. The van der Waals surface area contributed by atoms with Crippen molar-refractivity contribution in [2.75, 3.05) is 7.11 Å². The largest absolute Gasteiger partial charge is 0.497 e. The summed E-state index contributed by atoms with van der Waals surface area (Å²) in [6, 6.07) is 7.40. The third-order valence-corrected chi connectivity index (χ3v) is 4.40. The summed E-state index contributed by atoms with van der Waals surface area (Å²) in [5.74, 6) is -5.01. The summed E-state index contributed by atoms with van der Waals surface area (Å²) >= 11 is 0. The van der Waals surface area contributed by atoms with E-state index in [9.17, 15) is 18.0 Å². The van der Waals surface area contributed by atoms with Gasteiger partial charge in [0, 0.05) is 5.92 Å². The Bertz CT molecular complexity index is 783. The van der Waals surface area contributed by atoms with Crippen LogP contribution in [0.25, 0.3) is 0 Å². The number of halogens is 3. The summed E-state index contributed by atoms with van der Waals surface area (Å²) < 4.78 is 52.6. The number of ketones is 1. The molecular weight excluding hydrogens is 333 g/mol. The number of methoxy groups -OCH3 is 1. The molecule has 1 saturated carbocycles. The molecule has 6 heteroatoms. The van der Waals surface area contributed by atoms with Crippen molar-refractivity contribution in [2.45, 2.75) is 25.9 Å². The summed E-state index contributed by atoms with van der Waals surface area (Å²) in [7, 11) is 1.52. The highest BCUT2D eigenvalue weighted by atomic mass is 19.2. The molecule has 0 N–H and O–H groups in total. The molecule has 25 heavy (non-hydrogen) atoms. The van der Waals surface area contributed by atoms with Gasteiger partial charge in [-0.15, -0.1) is 0 Å². The number of Topliss-reactive ketones (excluding diaryl/α,β-unsaturated/α-hetero) is 1. The van der Waals surface area contributed by atoms with Gasteiger partial charge in [0.1, 0.15) is 12.4 Å². The second kappa shape index (κ2) is 7.17. The number of carbonyl (C=O) groups excluding carboxylic acids is 1. The topological polar surface area (TPSA) is 35.5 Å². The molecule has 0 amide bonds. The Morgan fingerprint density at radius 3 is 2.36 bits per heavy atom. The Labute approximate surface area is 143 Å². The molecule has 0 spiro atoms. The first kappa shape index (κ1) is 17.3. The quantitative estimate of drug-likeness (QED) is 0.561. The van der Waals surface area contributed by atoms with E-state index in [1.165, 1.54) is 7.11 Å². The van der Waals surface area contributed by atoms with E-state index in [1.54, 1.807) is 24.3 Å². The lowest BCUT2D eigenvalue weighted by molar-refractivity contribution is 0.0848. The minimum Gasteiger partial charge on any atom is -0.497 e. The van der Waals surface area contributed by atoms with Crippen LogP contribution in [0, 0.1) is 23.4 Å². The van der Waals surface area contributed by atoms with E-state index in [0.29, 0.717) is 24.2 Å². The predicted octanol–water partition coefficient (Wildman–Crippen LogP) is 4.67. The molecule has 2 aromatic rings. The molecule has 0 heterocycles. The van der Waals surface area contributed by atoms with Crippen molar-refractivity contribution in [1.29, 1.82) is 0 Å². The lowest BCUT2D eigenvalue weighted by atomic mass is 9.80. The van der Waals surface area contributed by atoms with Crippen LogP contribution < -0.4 is 9.47 Å². The number of hydrogen-bond acceptors (Lipinski definition) is 3. The van der Waals surface area contributed by atoms with Crippen molar-refractivity contribution in [3.63, 3.8) is 0 Å². The number of hydrogen-bond donors (Lipinski definition) is 0. The molecule has 1 aliphatic carbocycles. The molecule has 0 aromatic heterocycles. The van der Waals surface area contributed by atoms with Crippen LogP contribution in [0.1, 0.15) is 35.2 Å². The van der Waals surface area contributed by atoms with Crippen molar-refractivity contribution in [3.05, 3.63) is 58.9 Å². The Hall–Kier alpha value is -2.50. The predicted molar refractivity (Wildman–Crippen MR) is 85.3 cm³/mol. The van der Waals surface area contributed by atoms with Crippen LogP contribution in [0.5, 0.6) is 11.5 Å². The van der Waals surface area contributed by atoms with Crippen molar-refractivity contribution >= 4 is 5.78 Å². The van der Waals surface area contributed by atoms with Crippen molar-refractivity contribution in [1.82, 2.24) is 0 Å². The third kappa shape index (κ3) is 3.48. The maximum atomic E-state index is 14.2. The lowest BCUT2D eigenvalue weighted by Crippen LogP contribution is -2.23. The zero-order chi connectivity index (χ0) is 18.0. The molecule has 1 fully saturated rings. The summed E-state index contributed by atoms with van der Waals surface area (Å²) in [6.45, 7) is -0.146. The molecule has 3 rings (SSSR count). The van der Waals surface area contributed by atoms with E-state index in [0.717, 1.165) is 12.5 Å². The average molecular weight is 350 g/mol. The SMILES string of the molecule is COc1ccc(COc2c(F)cc(C(=O)C3CCC3)c(F)c2F)cc1. The first-order chi connectivity index (χ1) is 12.0. The van der Waals surface area contributed by atoms with Gasteiger partial charge in [-0.25, -0.2) is 8.78 Å². The molecule has 0 aliphatic heterocycles. The normalized spacial score (nSPS) is 14.1. The van der Waals surface area contributed by atoms with E-state index >= 15 is 0 Å². The second-order valence-electron chi connectivity index (χ2n) is 5.99. The fraction of sp³-hybridized carbons (Fsp3) is 0.316. The molecule has 0 unspecified atom stereocenters. The molecule has 132 valence electrons. The van der Waals surface area contributed by atoms with Crippen molar-refractivity contribution in [2.24, 2.45) is 5.92 Å². The van der Waals surface area contributed by atoms with Gasteiger partial charge in [-0.2, -0.15) is 4.39 Å². The zero-order valence-electron chi connectivity index (χ0n) is 13.7. The minimum absolute atomic E-state index is 0.146. The maximum Gasteiger partial charge on any atom is 0.204 e. The van der Waals surface area contributed by atoms with E-state index in [2.05, 4.69) is 0 Å². The molecule has 0 radical (unpaired) electrons. The maximum absolute atomic E-state index is 14.2. The molecule has 3 nitrogen and oxygen atoms in total. The van der Waals surface area contributed by atoms with Gasteiger partial charge < -0.3 is 9.47 Å². The highest BCUT2D eigenvalue weighted by molar-refractivity contribution is 5.98. The van der Waals surface area contributed by atoms with Crippen LogP contribution in [0.3, 0.4) is 0 Å². The summed E-state index contributed by atoms with van der Waals surface area (Å²) in [5.41, 5.74) is 0.0890. The Balaban J connectivity index is 1.79. The Morgan fingerprint density at radius 1 is 1.12 bits per heavy atom. The van der Waals surface area contributed by atoms with Crippen molar-refractivity contribution < 1.29 is 27.4 Å². The van der Waals surface area contributed by atoms with Crippen LogP contribution in [-0.2, 0) is 6.61 Å². The minimum atomic E-state index is -1.48.